The smallest absolute Gasteiger partial charge is 0.141 e. The lowest BCUT2D eigenvalue weighted by Gasteiger charge is -2.12. The van der Waals surface area contributed by atoms with Crippen molar-refractivity contribution in [3.8, 4) is 16.9 Å². The predicted molar refractivity (Wildman–Crippen MR) is 112 cm³/mol. The Labute approximate surface area is 176 Å². The molecule has 0 aliphatic rings. The monoisotopic (exact) mass is 420 g/mol. The second-order valence-electron chi connectivity index (χ2n) is 7.37. The summed E-state index contributed by atoms with van der Waals surface area (Å²) in [5.74, 6) is 0.329. The molecule has 156 valence electrons. The van der Waals surface area contributed by atoms with E-state index in [0.717, 1.165) is 45.2 Å². The average molecular weight is 420 g/mol. The maximum absolute atomic E-state index is 14.2. The average Bonchev–Trinajstić information content (AvgIpc) is 3.32. The van der Waals surface area contributed by atoms with E-state index in [1.54, 1.807) is 24.2 Å². The van der Waals surface area contributed by atoms with Gasteiger partial charge in [0.15, 0.2) is 0 Å². The van der Waals surface area contributed by atoms with Gasteiger partial charge in [0.25, 0.3) is 0 Å². The maximum Gasteiger partial charge on any atom is 0.141 e. The zero-order valence-corrected chi connectivity index (χ0v) is 17.1. The Morgan fingerprint density at radius 2 is 1.94 bits per heavy atom. The highest BCUT2D eigenvalue weighted by atomic mass is 19.1. The topological polar surface area (TPSA) is 66.0 Å². The van der Waals surface area contributed by atoms with Gasteiger partial charge in [-0.2, -0.15) is 5.10 Å². The summed E-state index contributed by atoms with van der Waals surface area (Å²) < 4.78 is 40.5. The highest BCUT2D eigenvalue weighted by molar-refractivity contribution is 6.05. The lowest BCUT2D eigenvalue weighted by molar-refractivity contribution is 0.393. The van der Waals surface area contributed by atoms with Crippen LogP contribution in [0.2, 0.25) is 0 Å². The number of aryl methyl sites for hydroxylation is 2. The number of hydrogen-bond donors (Lipinski definition) is 0. The molecule has 3 heterocycles. The second kappa shape index (κ2) is 7.16. The minimum absolute atomic E-state index is 0.0835. The fourth-order valence-corrected chi connectivity index (χ4v) is 3.97. The third kappa shape index (κ3) is 3.11. The van der Waals surface area contributed by atoms with E-state index >= 15 is 0 Å². The van der Waals surface area contributed by atoms with Crippen molar-refractivity contribution >= 4 is 21.8 Å². The largest absolute Gasteiger partial charge is 0.496 e. The first-order valence-corrected chi connectivity index (χ1v) is 9.65. The van der Waals surface area contributed by atoms with Crippen molar-refractivity contribution in [3.63, 3.8) is 0 Å². The van der Waals surface area contributed by atoms with E-state index in [9.17, 15) is 8.78 Å². The first kappa shape index (κ1) is 19.2. The van der Waals surface area contributed by atoms with Gasteiger partial charge in [-0.1, -0.05) is 5.16 Å². The molecular formula is C23H18F2N4O2. The molecule has 6 nitrogen and oxygen atoms in total. The Hall–Kier alpha value is -3.81. The third-order valence-corrected chi connectivity index (χ3v) is 5.41. The summed E-state index contributed by atoms with van der Waals surface area (Å²) in [6, 6.07) is 7.20. The Balaban J connectivity index is 1.73. The summed E-state index contributed by atoms with van der Waals surface area (Å²) in [4.78, 5) is 4.57. The normalized spacial score (nSPS) is 11.5. The van der Waals surface area contributed by atoms with Crippen LogP contribution in [0.5, 0.6) is 5.75 Å². The van der Waals surface area contributed by atoms with Crippen LogP contribution in [0.15, 0.2) is 47.2 Å². The predicted octanol–water partition coefficient (Wildman–Crippen LogP) is 5.19. The molecule has 0 saturated carbocycles. The Morgan fingerprint density at radius 3 is 2.68 bits per heavy atom. The van der Waals surface area contributed by atoms with Gasteiger partial charge in [0.2, 0.25) is 0 Å². The number of methoxy groups -OCH3 is 1. The lowest BCUT2D eigenvalue weighted by atomic mass is 10.00. The van der Waals surface area contributed by atoms with Crippen LogP contribution in [-0.4, -0.2) is 27.0 Å². The molecule has 2 aromatic carbocycles. The fourth-order valence-electron chi connectivity index (χ4n) is 3.97. The van der Waals surface area contributed by atoms with E-state index in [2.05, 4.69) is 15.2 Å². The highest BCUT2D eigenvalue weighted by Crippen LogP contribution is 2.38. The van der Waals surface area contributed by atoms with Crippen molar-refractivity contribution < 1.29 is 18.0 Å². The van der Waals surface area contributed by atoms with Gasteiger partial charge in [-0.3, -0.25) is 9.67 Å². The molecule has 0 fully saturated rings. The molecule has 5 rings (SSSR count). The van der Waals surface area contributed by atoms with Gasteiger partial charge in [0.1, 0.15) is 23.1 Å². The van der Waals surface area contributed by atoms with E-state index in [-0.39, 0.29) is 12.1 Å². The van der Waals surface area contributed by atoms with E-state index in [4.69, 9.17) is 9.26 Å². The summed E-state index contributed by atoms with van der Waals surface area (Å²) in [5, 5.41) is 10.0. The highest BCUT2D eigenvalue weighted by Gasteiger charge is 2.19. The summed E-state index contributed by atoms with van der Waals surface area (Å²) in [6.07, 6.45) is 3.38. The van der Waals surface area contributed by atoms with Gasteiger partial charge in [0.05, 0.1) is 42.1 Å². The van der Waals surface area contributed by atoms with Gasteiger partial charge in [-0.05, 0) is 44.2 Å². The summed E-state index contributed by atoms with van der Waals surface area (Å²) in [5.41, 5.74) is 4.12. The second-order valence-corrected chi connectivity index (χ2v) is 7.37. The number of rotatable bonds is 4. The Kier molecular flexibility index (Phi) is 4.43. The minimum atomic E-state index is -0.495. The SMILES string of the molecule is COc1cc2c(cc1-c1c(C)noc1C)ncc1cnn(Cc3cc(F)ccc3F)c12. The van der Waals surface area contributed by atoms with Crippen molar-refractivity contribution in [1.29, 1.82) is 0 Å². The van der Waals surface area contributed by atoms with Gasteiger partial charge >= 0.3 is 0 Å². The van der Waals surface area contributed by atoms with Crippen molar-refractivity contribution in [1.82, 2.24) is 19.9 Å². The van der Waals surface area contributed by atoms with Crippen LogP contribution < -0.4 is 4.74 Å². The first-order valence-electron chi connectivity index (χ1n) is 9.65. The number of ether oxygens (including phenoxy) is 1. The molecule has 0 unspecified atom stereocenters. The third-order valence-electron chi connectivity index (χ3n) is 5.41. The molecule has 0 atom stereocenters. The van der Waals surface area contributed by atoms with E-state index in [1.165, 1.54) is 6.07 Å². The number of fused-ring (bicyclic) bond motifs is 3. The number of aromatic nitrogens is 4. The molecule has 0 N–H and O–H groups in total. The molecular weight excluding hydrogens is 402 g/mol. The minimum Gasteiger partial charge on any atom is -0.496 e. The summed E-state index contributed by atoms with van der Waals surface area (Å²) >= 11 is 0. The molecule has 0 bridgehead atoms. The number of nitrogens with zero attached hydrogens (tertiary/aromatic N) is 4. The van der Waals surface area contributed by atoms with Crippen LogP contribution in [0, 0.1) is 25.5 Å². The van der Waals surface area contributed by atoms with Gasteiger partial charge in [0, 0.05) is 28.1 Å². The number of hydrogen-bond acceptors (Lipinski definition) is 5. The molecule has 0 aliphatic heterocycles. The van der Waals surface area contributed by atoms with Crippen molar-refractivity contribution in [2.24, 2.45) is 0 Å². The van der Waals surface area contributed by atoms with Crippen molar-refractivity contribution in [3.05, 3.63) is 71.4 Å². The van der Waals surface area contributed by atoms with E-state index < -0.39 is 11.6 Å². The van der Waals surface area contributed by atoms with Gasteiger partial charge in [-0.25, -0.2) is 8.78 Å². The Morgan fingerprint density at radius 1 is 1.10 bits per heavy atom. The molecule has 0 amide bonds. The van der Waals surface area contributed by atoms with Crippen LogP contribution in [0.1, 0.15) is 17.0 Å². The molecule has 0 spiro atoms. The number of benzene rings is 2. The lowest BCUT2D eigenvalue weighted by Crippen LogP contribution is -2.04. The molecule has 31 heavy (non-hydrogen) atoms. The summed E-state index contributed by atoms with van der Waals surface area (Å²) in [6.45, 7) is 3.80. The van der Waals surface area contributed by atoms with Crippen molar-refractivity contribution in [2.45, 2.75) is 20.4 Å². The van der Waals surface area contributed by atoms with Crippen LogP contribution in [-0.2, 0) is 6.54 Å². The molecule has 0 aliphatic carbocycles. The van der Waals surface area contributed by atoms with E-state index in [0.29, 0.717) is 17.0 Å². The van der Waals surface area contributed by atoms with Crippen LogP contribution in [0.4, 0.5) is 8.78 Å². The number of pyridine rings is 1. The zero-order valence-electron chi connectivity index (χ0n) is 17.1. The molecule has 3 aromatic heterocycles. The van der Waals surface area contributed by atoms with E-state index in [1.807, 2.05) is 26.0 Å². The molecule has 8 heteroatoms. The first-order chi connectivity index (χ1) is 15.0. The quantitative estimate of drug-likeness (QED) is 0.400. The number of halogens is 2. The van der Waals surface area contributed by atoms with Gasteiger partial charge in [-0.15, -0.1) is 0 Å². The van der Waals surface area contributed by atoms with Crippen LogP contribution >= 0.6 is 0 Å². The van der Waals surface area contributed by atoms with Crippen LogP contribution in [0.3, 0.4) is 0 Å². The Bertz CT molecular complexity index is 1440. The molecule has 0 radical (unpaired) electrons. The fraction of sp³-hybridized carbons (Fsp3) is 0.174. The maximum atomic E-state index is 14.2. The molecule has 0 saturated heterocycles. The standard InChI is InChI=1S/C23H18F2N4O2/c1-12-22(13(2)31-28-12)18-7-20-17(8-21(18)30-3)23-15(9-26-20)10-27-29(23)11-14-6-16(24)4-5-19(14)25/h4-10H,11H2,1-3H3. The van der Waals surface area contributed by atoms with Crippen LogP contribution in [0.25, 0.3) is 32.9 Å². The molecule has 5 aromatic rings. The van der Waals surface area contributed by atoms with Gasteiger partial charge < -0.3 is 9.26 Å². The summed E-state index contributed by atoms with van der Waals surface area (Å²) in [7, 11) is 1.59. The zero-order chi connectivity index (χ0) is 21.7. The van der Waals surface area contributed by atoms with Crippen molar-refractivity contribution in [2.75, 3.05) is 7.11 Å².